The molecule has 18 heavy (non-hydrogen) atoms. The SMILES string of the molecule is CC(N(C)CCNCc1cc(Br)cs1)C(C)(C)C. The Kier molecular flexibility index (Phi) is 6.31. The highest BCUT2D eigenvalue weighted by Crippen LogP contribution is 2.22. The maximum absolute atomic E-state index is 3.50. The van der Waals surface area contributed by atoms with Gasteiger partial charge in [-0.25, -0.2) is 0 Å². The second-order valence-corrected chi connectivity index (χ2v) is 7.84. The monoisotopic (exact) mass is 332 g/mol. The summed E-state index contributed by atoms with van der Waals surface area (Å²) in [6.07, 6.45) is 0. The van der Waals surface area contributed by atoms with E-state index in [9.17, 15) is 0 Å². The fraction of sp³-hybridized carbons (Fsp3) is 0.714. The van der Waals surface area contributed by atoms with Gasteiger partial charge >= 0.3 is 0 Å². The smallest absolute Gasteiger partial charge is 0.0300 e. The Morgan fingerprint density at radius 1 is 1.44 bits per heavy atom. The summed E-state index contributed by atoms with van der Waals surface area (Å²) in [6, 6.07) is 2.77. The minimum Gasteiger partial charge on any atom is -0.311 e. The van der Waals surface area contributed by atoms with Crippen LogP contribution in [0.5, 0.6) is 0 Å². The lowest BCUT2D eigenvalue weighted by Gasteiger charge is -2.35. The molecule has 0 bridgehead atoms. The molecule has 0 aliphatic rings. The number of rotatable bonds is 6. The summed E-state index contributed by atoms with van der Waals surface area (Å²) in [7, 11) is 2.21. The zero-order valence-corrected chi connectivity index (χ0v) is 14.5. The third-order valence-corrected chi connectivity index (χ3v) is 5.17. The summed E-state index contributed by atoms with van der Waals surface area (Å²) in [4.78, 5) is 3.81. The van der Waals surface area contributed by atoms with Gasteiger partial charge in [0.05, 0.1) is 0 Å². The first-order valence-electron chi connectivity index (χ1n) is 6.44. The zero-order valence-electron chi connectivity index (χ0n) is 12.1. The van der Waals surface area contributed by atoms with Crippen molar-refractivity contribution in [3.63, 3.8) is 0 Å². The van der Waals surface area contributed by atoms with Gasteiger partial charge in [-0.1, -0.05) is 20.8 Å². The van der Waals surface area contributed by atoms with Crippen LogP contribution in [0.15, 0.2) is 15.9 Å². The maximum atomic E-state index is 3.50. The molecular weight excluding hydrogens is 308 g/mol. The normalized spacial score (nSPS) is 14.2. The van der Waals surface area contributed by atoms with Crippen LogP contribution in [0.1, 0.15) is 32.6 Å². The minimum atomic E-state index is 0.341. The molecular formula is C14H25BrN2S. The maximum Gasteiger partial charge on any atom is 0.0300 e. The molecule has 1 aromatic rings. The predicted molar refractivity (Wildman–Crippen MR) is 85.3 cm³/mol. The Bertz CT molecular complexity index is 357. The molecule has 0 aliphatic heterocycles. The first-order valence-corrected chi connectivity index (χ1v) is 8.12. The number of nitrogens with one attached hydrogen (secondary N) is 1. The Hall–Kier alpha value is 0.1000. The molecule has 0 aliphatic carbocycles. The van der Waals surface area contributed by atoms with Crippen LogP contribution >= 0.6 is 27.3 Å². The standard InChI is InChI=1S/C14H25BrN2S/c1-11(14(2,3)4)17(5)7-6-16-9-13-8-12(15)10-18-13/h8,10-11,16H,6-7,9H2,1-5H3. The van der Waals surface area contributed by atoms with Gasteiger partial charge in [0.1, 0.15) is 0 Å². The number of nitrogens with zero attached hydrogens (tertiary/aromatic N) is 1. The topological polar surface area (TPSA) is 15.3 Å². The van der Waals surface area contributed by atoms with Gasteiger partial charge in [-0.05, 0) is 41.4 Å². The first kappa shape index (κ1) is 16.2. The largest absolute Gasteiger partial charge is 0.311 e. The second-order valence-electron chi connectivity index (χ2n) is 5.93. The van der Waals surface area contributed by atoms with Crippen LogP contribution in [0.3, 0.4) is 0 Å². The highest BCUT2D eigenvalue weighted by Gasteiger charge is 2.23. The molecule has 1 N–H and O–H groups in total. The van der Waals surface area contributed by atoms with E-state index in [0.29, 0.717) is 11.5 Å². The zero-order chi connectivity index (χ0) is 13.8. The van der Waals surface area contributed by atoms with E-state index < -0.39 is 0 Å². The fourth-order valence-corrected chi connectivity index (χ4v) is 3.19. The minimum absolute atomic E-state index is 0.341. The predicted octanol–water partition coefficient (Wildman–Crippen LogP) is 3.97. The number of hydrogen-bond acceptors (Lipinski definition) is 3. The van der Waals surface area contributed by atoms with Gasteiger partial charge < -0.3 is 10.2 Å². The van der Waals surface area contributed by atoms with E-state index in [1.54, 1.807) is 11.3 Å². The quantitative estimate of drug-likeness (QED) is 0.793. The summed E-state index contributed by atoms with van der Waals surface area (Å²) in [5, 5.41) is 5.63. The average Bonchev–Trinajstić information content (AvgIpc) is 2.68. The van der Waals surface area contributed by atoms with E-state index >= 15 is 0 Å². The van der Waals surface area contributed by atoms with Crippen molar-refractivity contribution >= 4 is 27.3 Å². The molecule has 1 heterocycles. The third kappa shape index (κ3) is 5.39. The Morgan fingerprint density at radius 3 is 2.61 bits per heavy atom. The lowest BCUT2D eigenvalue weighted by Crippen LogP contribution is -2.42. The van der Waals surface area contributed by atoms with Crippen LogP contribution in [-0.4, -0.2) is 31.1 Å². The summed E-state index contributed by atoms with van der Waals surface area (Å²) < 4.78 is 1.18. The average molecular weight is 333 g/mol. The molecule has 1 aromatic heterocycles. The van der Waals surface area contributed by atoms with Crippen LogP contribution in [0.25, 0.3) is 0 Å². The van der Waals surface area contributed by atoms with Crippen LogP contribution < -0.4 is 5.32 Å². The van der Waals surface area contributed by atoms with Gasteiger partial charge in [0.15, 0.2) is 0 Å². The van der Waals surface area contributed by atoms with Gasteiger partial charge in [0.2, 0.25) is 0 Å². The molecule has 0 spiro atoms. The van der Waals surface area contributed by atoms with Crippen molar-refractivity contribution < 1.29 is 0 Å². The third-order valence-electron chi connectivity index (χ3n) is 3.48. The van der Waals surface area contributed by atoms with Crippen LogP contribution in [0, 0.1) is 5.41 Å². The van der Waals surface area contributed by atoms with E-state index in [4.69, 9.17) is 0 Å². The van der Waals surface area contributed by atoms with Gasteiger partial charge in [0, 0.05) is 40.4 Å². The van der Waals surface area contributed by atoms with Crippen molar-refractivity contribution in [1.29, 1.82) is 0 Å². The molecule has 104 valence electrons. The van der Waals surface area contributed by atoms with Crippen molar-refractivity contribution in [2.24, 2.45) is 5.41 Å². The van der Waals surface area contributed by atoms with Crippen LogP contribution in [0.2, 0.25) is 0 Å². The summed E-state index contributed by atoms with van der Waals surface area (Å²) >= 11 is 5.28. The lowest BCUT2D eigenvalue weighted by atomic mass is 9.87. The molecule has 1 unspecified atom stereocenters. The molecule has 0 amide bonds. The fourth-order valence-electron chi connectivity index (χ4n) is 1.77. The van der Waals surface area contributed by atoms with Crippen LogP contribution in [-0.2, 0) is 6.54 Å². The van der Waals surface area contributed by atoms with E-state index in [0.717, 1.165) is 19.6 Å². The molecule has 0 saturated carbocycles. The molecule has 1 atom stereocenters. The van der Waals surface area contributed by atoms with Crippen molar-refractivity contribution in [2.45, 2.75) is 40.3 Å². The van der Waals surface area contributed by atoms with Crippen molar-refractivity contribution in [1.82, 2.24) is 10.2 Å². The molecule has 0 saturated heterocycles. The summed E-state index contributed by atoms with van der Waals surface area (Å²) in [6.45, 7) is 12.3. The number of likely N-dealkylation sites (N-methyl/N-ethyl adjacent to an activating group) is 1. The Labute approximate surface area is 124 Å². The van der Waals surface area contributed by atoms with Gasteiger partial charge in [0.25, 0.3) is 0 Å². The van der Waals surface area contributed by atoms with Gasteiger partial charge in [-0.3, -0.25) is 0 Å². The molecule has 0 fully saturated rings. The highest BCUT2D eigenvalue weighted by molar-refractivity contribution is 9.10. The second kappa shape index (κ2) is 7.04. The van der Waals surface area contributed by atoms with E-state index in [1.807, 2.05) is 0 Å². The Morgan fingerprint density at radius 2 is 2.11 bits per heavy atom. The molecule has 4 heteroatoms. The van der Waals surface area contributed by atoms with E-state index in [-0.39, 0.29) is 0 Å². The van der Waals surface area contributed by atoms with Crippen molar-refractivity contribution in [2.75, 3.05) is 20.1 Å². The molecule has 1 rings (SSSR count). The van der Waals surface area contributed by atoms with Gasteiger partial charge in [-0.2, -0.15) is 0 Å². The summed E-state index contributed by atoms with van der Waals surface area (Å²) in [5.41, 5.74) is 0.341. The Balaban J connectivity index is 2.22. The molecule has 0 aromatic carbocycles. The first-order chi connectivity index (χ1) is 8.30. The highest BCUT2D eigenvalue weighted by atomic mass is 79.9. The lowest BCUT2D eigenvalue weighted by molar-refractivity contribution is 0.142. The number of hydrogen-bond donors (Lipinski definition) is 1. The van der Waals surface area contributed by atoms with E-state index in [1.165, 1.54) is 9.35 Å². The number of halogens is 1. The van der Waals surface area contributed by atoms with Crippen molar-refractivity contribution in [3.05, 3.63) is 20.8 Å². The summed E-state index contributed by atoms with van der Waals surface area (Å²) in [5.74, 6) is 0. The van der Waals surface area contributed by atoms with Gasteiger partial charge in [-0.15, -0.1) is 11.3 Å². The van der Waals surface area contributed by atoms with Crippen molar-refractivity contribution in [3.8, 4) is 0 Å². The number of thiophene rings is 1. The van der Waals surface area contributed by atoms with Crippen LogP contribution in [0.4, 0.5) is 0 Å². The van der Waals surface area contributed by atoms with E-state index in [2.05, 4.69) is 72.3 Å². The molecule has 2 nitrogen and oxygen atoms in total. The molecule has 0 radical (unpaired) electrons.